The Kier molecular flexibility index (Phi) is 3.88. The Labute approximate surface area is 117 Å². The van der Waals surface area contributed by atoms with Crippen LogP contribution in [-0.2, 0) is 13.6 Å². The zero-order chi connectivity index (χ0) is 14.9. The number of hydrogen-bond donors (Lipinski definition) is 0. The molecule has 1 amide bonds. The minimum absolute atomic E-state index is 0.0718. The third kappa shape index (κ3) is 2.71. The summed E-state index contributed by atoms with van der Waals surface area (Å²) in [6.07, 6.45) is 0. The third-order valence-corrected chi connectivity index (χ3v) is 3.40. The molecule has 0 aliphatic carbocycles. The summed E-state index contributed by atoms with van der Waals surface area (Å²) in [5.41, 5.74) is 3.10. The number of carbonyl (C=O) groups is 1. The minimum atomic E-state index is -0.276. The van der Waals surface area contributed by atoms with Crippen molar-refractivity contribution in [2.24, 2.45) is 7.05 Å². The van der Waals surface area contributed by atoms with Crippen molar-refractivity contribution in [1.29, 1.82) is 0 Å². The summed E-state index contributed by atoms with van der Waals surface area (Å²) in [5.74, 6) is -0.348. The van der Waals surface area contributed by atoms with Crippen LogP contribution in [0, 0.1) is 19.7 Å². The van der Waals surface area contributed by atoms with E-state index in [9.17, 15) is 9.18 Å². The molecule has 0 fully saturated rings. The van der Waals surface area contributed by atoms with Gasteiger partial charge >= 0.3 is 0 Å². The van der Waals surface area contributed by atoms with Crippen LogP contribution in [-0.4, -0.2) is 27.6 Å². The van der Waals surface area contributed by atoms with Crippen molar-refractivity contribution in [3.05, 3.63) is 52.6 Å². The minimum Gasteiger partial charge on any atom is -0.337 e. The predicted molar refractivity (Wildman–Crippen MR) is 74.9 cm³/mol. The van der Waals surface area contributed by atoms with Gasteiger partial charge in [-0.1, -0.05) is 12.1 Å². The molecule has 1 aromatic carbocycles. The lowest BCUT2D eigenvalue weighted by atomic mass is 10.1. The van der Waals surface area contributed by atoms with Gasteiger partial charge in [0, 0.05) is 26.3 Å². The van der Waals surface area contributed by atoms with Crippen LogP contribution in [0.25, 0.3) is 0 Å². The van der Waals surface area contributed by atoms with Crippen LogP contribution in [0.2, 0.25) is 0 Å². The number of hydrogen-bond acceptors (Lipinski definition) is 2. The van der Waals surface area contributed by atoms with Crippen LogP contribution in [0.4, 0.5) is 4.39 Å². The Bertz CT molecular complexity index is 631. The molecular weight excluding hydrogens is 257 g/mol. The van der Waals surface area contributed by atoms with Crippen LogP contribution in [0.15, 0.2) is 24.3 Å². The number of carbonyl (C=O) groups excluding carboxylic acids is 1. The highest BCUT2D eigenvalue weighted by Gasteiger charge is 2.20. The zero-order valence-corrected chi connectivity index (χ0v) is 12.1. The summed E-state index contributed by atoms with van der Waals surface area (Å²) < 4.78 is 14.6. The summed E-state index contributed by atoms with van der Waals surface area (Å²) in [6, 6.07) is 6.16. The van der Waals surface area contributed by atoms with E-state index in [1.54, 1.807) is 28.8 Å². The van der Waals surface area contributed by atoms with E-state index < -0.39 is 0 Å². The van der Waals surface area contributed by atoms with Gasteiger partial charge in [0.15, 0.2) is 0 Å². The van der Waals surface area contributed by atoms with E-state index in [1.807, 2.05) is 20.9 Å². The first-order chi connectivity index (χ1) is 9.40. The van der Waals surface area contributed by atoms with E-state index >= 15 is 0 Å². The number of aryl methyl sites for hydroxylation is 2. The lowest BCUT2D eigenvalue weighted by Crippen LogP contribution is -2.27. The Morgan fingerprint density at radius 1 is 1.30 bits per heavy atom. The SMILES string of the molecule is Cc1nn(C)c(C)c1C(=O)N(C)Cc1ccc(F)cc1. The molecule has 0 spiro atoms. The smallest absolute Gasteiger partial charge is 0.257 e. The van der Waals surface area contributed by atoms with Crippen molar-refractivity contribution in [1.82, 2.24) is 14.7 Å². The third-order valence-electron chi connectivity index (χ3n) is 3.40. The summed E-state index contributed by atoms with van der Waals surface area (Å²) >= 11 is 0. The molecule has 0 saturated carbocycles. The second-order valence-electron chi connectivity index (χ2n) is 4.96. The van der Waals surface area contributed by atoms with E-state index in [-0.39, 0.29) is 11.7 Å². The van der Waals surface area contributed by atoms with Gasteiger partial charge in [0.1, 0.15) is 5.82 Å². The monoisotopic (exact) mass is 275 g/mol. The highest BCUT2D eigenvalue weighted by molar-refractivity contribution is 5.96. The van der Waals surface area contributed by atoms with E-state index in [1.165, 1.54) is 12.1 Å². The van der Waals surface area contributed by atoms with Crippen LogP contribution < -0.4 is 0 Å². The van der Waals surface area contributed by atoms with Crippen molar-refractivity contribution in [2.75, 3.05) is 7.05 Å². The van der Waals surface area contributed by atoms with Crippen LogP contribution >= 0.6 is 0 Å². The largest absolute Gasteiger partial charge is 0.337 e. The summed E-state index contributed by atoms with van der Waals surface area (Å²) in [4.78, 5) is 14.1. The topological polar surface area (TPSA) is 38.1 Å². The first-order valence-corrected chi connectivity index (χ1v) is 6.40. The molecule has 0 N–H and O–H groups in total. The van der Waals surface area contributed by atoms with E-state index in [0.29, 0.717) is 12.1 Å². The van der Waals surface area contributed by atoms with Crippen molar-refractivity contribution < 1.29 is 9.18 Å². The number of amides is 1. The molecule has 0 aliphatic rings. The highest BCUT2D eigenvalue weighted by atomic mass is 19.1. The number of benzene rings is 1. The molecule has 2 aromatic rings. The zero-order valence-electron chi connectivity index (χ0n) is 12.1. The molecule has 0 radical (unpaired) electrons. The molecule has 0 saturated heterocycles. The molecule has 0 unspecified atom stereocenters. The van der Waals surface area contributed by atoms with Gasteiger partial charge in [0.2, 0.25) is 0 Å². The fourth-order valence-electron chi connectivity index (χ4n) is 2.21. The van der Waals surface area contributed by atoms with Crippen LogP contribution in [0.3, 0.4) is 0 Å². The van der Waals surface area contributed by atoms with E-state index in [2.05, 4.69) is 5.10 Å². The van der Waals surface area contributed by atoms with Crippen LogP contribution in [0.1, 0.15) is 27.3 Å². The Hall–Kier alpha value is -2.17. The summed E-state index contributed by atoms with van der Waals surface area (Å²) in [5, 5.41) is 4.25. The lowest BCUT2D eigenvalue weighted by Gasteiger charge is -2.17. The molecule has 20 heavy (non-hydrogen) atoms. The quantitative estimate of drug-likeness (QED) is 0.863. The molecule has 0 bridgehead atoms. The summed E-state index contributed by atoms with van der Waals surface area (Å²) in [7, 11) is 3.55. The van der Waals surface area contributed by atoms with Crippen molar-refractivity contribution in [2.45, 2.75) is 20.4 Å². The Morgan fingerprint density at radius 3 is 2.40 bits per heavy atom. The van der Waals surface area contributed by atoms with Gasteiger partial charge in [0.25, 0.3) is 5.91 Å². The van der Waals surface area contributed by atoms with Gasteiger partial charge in [0.05, 0.1) is 11.3 Å². The molecule has 0 atom stereocenters. The molecule has 0 aliphatic heterocycles. The normalized spacial score (nSPS) is 10.7. The van der Waals surface area contributed by atoms with Crippen molar-refractivity contribution in [3.8, 4) is 0 Å². The molecule has 2 rings (SSSR count). The van der Waals surface area contributed by atoms with E-state index in [4.69, 9.17) is 0 Å². The Balaban J connectivity index is 2.18. The first-order valence-electron chi connectivity index (χ1n) is 6.40. The second kappa shape index (κ2) is 5.45. The average Bonchev–Trinajstić information content (AvgIpc) is 2.65. The summed E-state index contributed by atoms with van der Waals surface area (Å²) in [6.45, 7) is 4.14. The number of halogens is 1. The highest BCUT2D eigenvalue weighted by Crippen LogP contribution is 2.15. The Morgan fingerprint density at radius 2 is 1.90 bits per heavy atom. The van der Waals surface area contributed by atoms with Gasteiger partial charge in [-0.05, 0) is 31.5 Å². The van der Waals surface area contributed by atoms with E-state index in [0.717, 1.165) is 17.0 Å². The average molecular weight is 275 g/mol. The molecule has 1 aromatic heterocycles. The predicted octanol–water partition coefficient (Wildman–Crippen LogP) is 2.45. The van der Waals surface area contributed by atoms with Gasteiger partial charge in [-0.25, -0.2) is 4.39 Å². The number of nitrogens with zero attached hydrogens (tertiary/aromatic N) is 3. The maximum atomic E-state index is 12.9. The lowest BCUT2D eigenvalue weighted by molar-refractivity contribution is 0.0783. The van der Waals surface area contributed by atoms with Gasteiger partial charge in [-0.2, -0.15) is 5.10 Å². The second-order valence-corrected chi connectivity index (χ2v) is 4.96. The molecule has 106 valence electrons. The standard InChI is InChI=1S/C15H18FN3O/c1-10-14(11(2)19(4)17-10)15(20)18(3)9-12-5-7-13(16)8-6-12/h5-8H,9H2,1-4H3. The fourth-order valence-corrected chi connectivity index (χ4v) is 2.21. The molecular formula is C15H18FN3O. The van der Waals surface area contributed by atoms with Crippen molar-refractivity contribution in [3.63, 3.8) is 0 Å². The first kappa shape index (κ1) is 14.2. The number of rotatable bonds is 3. The molecule has 4 nitrogen and oxygen atoms in total. The molecule has 1 heterocycles. The van der Waals surface area contributed by atoms with Gasteiger partial charge < -0.3 is 4.90 Å². The molecule has 5 heteroatoms. The van der Waals surface area contributed by atoms with Gasteiger partial charge in [-0.3, -0.25) is 9.48 Å². The van der Waals surface area contributed by atoms with Gasteiger partial charge in [-0.15, -0.1) is 0 Å². The van der Waals surface area contributed by atoms with Crippen LogP contribution in [0.5, 0.6) is 0 Å². The maximum absolute atomic E-state index is 12.9. The maximum Gasteiger partial charge on any atom is 0.257 e. The van der Waals surface area contributed by atoms with Crippen molar-refractivity contribution >= 4 is 5.91 Å². The fraction of sp³-hybridized carbons (Fsp3) is 0.333. The number of aromatic nitrogens is 2.